The van der Waals surface area contributed by atoms with Crippen LogP contribution in [0.4, 0.5) is 9.59 Å². The molecule has 5 aromatic rings. The van der Waals surface area contributed by atoms with Gasteiger partial charge in [0.15, 0.2) is 0 Å². The predicted molar refractivity (Wildman–Crippen MR) is 233 cm³/mol. The third-order valence-electron chi connectivity index (χ3n) is 14.5. The van der Waals surface area contributed by atoms with E-state index in [1.165, 1.54) is 14.2 Å². The van der Waals surface area contributed by atoms with Crippen molar-refractivity contribution in [2.45, 2.75) is 102 Å². The number of aliphatic hydroxyl groups excluding tert-OH is 1. The van der Waals surface area contributed by atoms with Gasteiger partial charge in [0.1, 0.15) is 23.9 Å². The first-order chi connectivity index (χ1) is 30.0. The van der Waals surface area contributed by atoms with Crippen LogP contribution in [0.5, 0.6) is 0 Å². The molecule has 7 atom stereocenters. The zero-order chi connectivity index (χ0) is 42.9. The van der Waals surface area contributed by atoms with E-state index < -0.39 is 30.5 Å². The van der Waals surface area contributed by atoms with Crippen molar-refractivity contribution in [3.05, 3.63) is 84.7 Å². The third kappa shape index (κ3) is 7.50. The Morgan fingerprint density at radius 1 is 0.790 bits per heavy atom. The van der Waals surface area contributed by atoms with Gasteiger partial charge in [-0.1, -0.05) is 62.4 Å². The topological polar surface area (TPSA) is 178 Å². The summed E-state index contributed by atoms with van der Waals surface area (Å²) in [6.07, 6.45) is 9.76. The van der Waals surface area contributed by atoms with Crippen LogP contribution in [0.3, 0.4) is 0 Å². The summed E-state index contributed by atoms with van der Waals surface area (Å²) >= 11 is 0. The number of nitrogens with zero attached hydrogens (tertiary/aromatic N) is 4. The quantitative estimate of drug-likeness (QED) is 0.0843. The summed E-state index contributed by atoms with van der Waals surface area (Å²) < 4.78 is 9.73. The lowest BCUT2D eigenvalue weighted by molar-refractivity contribution is -0.138. The van der Waals surface area contributed by atoms with Gasteiger partial charge in [-0.05, 0) is 114 Å². The van der Waals surface area contributed by atoms with Crippen molar-refractivity contribution in [2.24, 2.45) is 23.2 Å². The second-order valence-electron chi connectivity index (χ2n) is 18.8. The fourth-order valence-electron chi connectivity index (χ4n) is 10.7. The Balaban J connectivity index is 0.831. The monoisotopic (exact) mass is 840 g/mol. The van der Waals surface area contributed by atoms with Gasteiger partial charge in [0.05, 0.1) is 56.1 Å². The number of amides is 3. The Hall–Kier alpha value is -5.73. The number of hydrogen-bond donors (Lipinski definition) is 5. The molecule has 2 aliphatic heterocycles. The highest BCUT2D eigenvalue weighted by Gasteiger charge is 2.56. The molecular formula is C48H56N8O6. The lowest BCUT2D eigenvalue weighted by atomic mass is 9.96. The number of ether oxygens (including phenoxy) is 2. The second-order valence-corrected chi connectivity index (χ2v) is 18.8. The number of benzene rings is 3. The van der Waals surface area contributed by atoms with E-state index in [1.54, 1.807) is 0 Å². The Labute approximate surface area is 361 Å². The van der Waals surface area contributed by atoms with Crippen molar-refractivity contribution in [3.8, 4) is 33.6 Å². The van der Waals surface area contributed by atoms with Crippen molar-refractivity contribution in [3.63, 3.8) is 0 Å². The van der Waals surface area contributed by atoms with Crippen LogP contribution in [-0.2, 0) is 14.3 Å². The van der Waals surface area contributed by atoms with Crippen LogP contribution in [0.1, 0.15) is 88.9 Å². The maximum atomic E-state index is 14.0. The van der Waals surface area contributed by atoms with Gasteiger partial charge in [-0.2, -0.15) is 0 Å². The van der Waals surface area contributed by atoms with Crippen LogP contribution in [0, 0.1) is 23.2 Å². The summed E-state index contributed by atoms with van der Waals surface area (Å²) in [7, 11) is 2.67. The van der Waals surface area contributed by atoms with E-state index in [0.29, 0.717) is 5.92 Å². The average Bonchev–Trinajstić information content (AvgIpc) is 3.84. The van der Waals surface area contributed by atoms with Crippen LogP contribution in [0.25, 0.3) is 44.4 Å². The van der Waals surface area contributed by atoms with Gasteiger partial charge < -0.3 is 40.1 Å². The first-order valence-electron chi connectivity index (χ1n) is 22.2. The lowest BCUT2D eigenvalue weighted by Gasteiger charge is -2.36. The molecule has 10 rings (SSSR count). The number of hydrogen-bond acceptors (Lipinski definition) is 9. The normalized spacial score (nSPS) is 24.1. The van der Waals surface area contributed by atoms with E-state index in [4.69, 9.17) is 19.4 Å². The predicted octanol–water partition coefficient (Wildman–Crippen LogP) is 7.70. The SMILES string of the molecule is COC(=O)NC(C(=O)N1C2CCC(C2)C1c1ncc(-c2ccc3cc(-c4ccc(-c5cnc(C6CC7(CC7)CN6C(O)C(NC(=O)OC)C(C)C)[nH]5)cc4)ccc3c2)[nH]1)C1CC1. The summed E-state index contributed by atoms with van der Waals surface area (Å²) in [6.45, 7) is 4.74. The summed E-state index contributed by atoms with van der Waals surface area (Å²) in [6, 6.07) is 20.3. The molecule has 5 N–H and O–H groups in total. The first kappa shape index (κ1) is 40.3. The Morgan fingerprint density at radius 2 is 1.40 bits per heavy atom. The standard InChI is InChI=1S/C48H56N8O6/c1-26(2)39(53-46(59)61-3)44(57)55-25-48(17-18-48)22-38(55)42-49-23-36(51-42)28-7-5-27(6-8-28)30-11-12-32-20-33(14-13-31(32)19-30)37-24-50-43(52-37)41-34-15-16-35(21-34)56(41)45(58)40(29-9-10-29)54-47(60)62-4/h5-8,11-14,19-20,23-24,26,29,34-35,38-41,44,57H,9-10,15-18,21-22,25H2,1-4H3,(H,49,51)(H,50,52)(H,53,59)(H,54,60). The van der Waals surface area contributed by atoms with E-state index >= 15 is 0 Å². The molecule has 5 aliphatic rings. The number of likely N-dealkylation sites (tertiary alicyclic amines) is 2. The molecule has 5 fully saturated rings. The van der Waals surface area contributed by atoms with Gasteiger partial charge in [0.2, 0.25) is 5.91 Å². The largest absolute Gasteiger partial charge is 0.453 e. The van der Waals surface area contributed by atoms with Crippen LogP contribution in [0.15, 0.2) is 73.1 Å². The molecular weight excluding hydrogens is 785 g/mol. The summed E-state index contributed by atoms with van der Waals surface area (Å²) in [5.41, 5.74) is 6.27. The molecule has 3 aliphatic carbocycles. The molecule has 0 radical (unpaired) electrons. The van der Waals surface area contributed by atoms with Gasteiger partial charge in [0, 0.05) is 18.2 Å². The van der Waals surface area contributed by atoms with Crippen LogP contribution >= 0.6 is 0 Å². The number of rotatable bonds is 12. The van der Waals surface area contributed by atoms with E-state index in [9.17, 15) is 19.5 Å². The number of aromatic amines is 2. The van der Waals surface area contributed by atoms with Gasteiger partial charge >= 0.3 is 12.2 Å². The first-order valence-corrected chi connectivity index (χ1v) is 22.2. The fourth-order valence-corrected chi connectivity index (χ4v) is 10.7. The van der Waals surface area contributed by atoms with Crippen molar-refractivity contribution in [2.75, 3.05) is 20.8 Å². The molecule has 2 saturated heterocycles. The summed E-state index contributed by atoms with van der Waals surface area (Å²) in [4.78, 5) is 59.3. The number of methoxy groups -OCH3 is 2. The minimum Gasteiger partial charge on any atom is -0.453 e. The molecule has 4 heterocycles. The Morgan fingerprint density at radius 3 is 2.08 bits per heavy atom. The van der Waals surface area contributed by atoms with E-state index in [2.05, 4.69) is 86.2 Å². The Bertz CT molecular complexity index is 2490. The molecule has 14 nitrogen and oxygen atoms in total. The molecule has 14 heteroatoms. The van der Waals surface area contributed by atoms with Crippen LogP contribution in [0.2, 0.25) is 0 Å². The highest BCUT2D eigenvalue weighted by atomic mass is 16.5. The molecule has 62 heavy (non-hydrogen) atoms. The molecule has 3 aromatic carbocycles. The van der Waals surface area contributed by atoms with Crippen LogP contribution in [-0.4, -0.2) is 98.1 Å². The van der Waals surface area contributed by atoms with E-state index in [-0.39, 0.29) is 41.3 Å². The Kier molecular flexibility index (Phi) is 10.3. The number of alkyl carbamates (subject to hydrolysis) is 2. The number of carbonyl (C=O) groups is 3. The number of piperidine rings is 1. The average molecular weight is 841 g/mol. The van der Waals surface area contributed by atoms with Crippen molar-refractivity contribution in [1.82, 2.24) is 40.4 Å². The van der Waals surface area contributed by atoms with Crippen molar-refractivity contribution >= 4 is 28.9 Å². The number of imidazole rings is 2. The number of nitrogens with one attached hydrogen (secondary N) is 4. The molecule has 3 amide bonds. The number of aliphatic hydroxyl groups is 1. The zero-order valence-electron chi connectivity index (χ0n) is 35.8. The highest BCUT2D eigenvalue weighted by molar-refractivity contribution is 5.91. The molecule has 7 unspecified atom stereocenters. The highest BCUT2D eigenvalue weighted by Crippen LogP contribution is 2.59. The smallest absolute Gasteiger partial charge is 0.407 e. The number of aromatic nitrogens is 4. The number of fused-ring (bicyclic) bond motifs is 3. The molecule has 2 bridgehead atoms. The fraction of sp³-hybridized carbons (Fsp3) is 0.479. The number of carbonyl (C=O) groups excluding carboxylic acids is 3. The zero-order valence-corrected chi connectivity index (χ0v) is 35.8. The van der Waals surface area contributed by atoms with E-state index in [1.807, 2.05) is 31.1 Å². The maximum absolute atomic E-state index is 14.0. The van der Waals surface area contributed by atoms with Crippen molar-refractivity contribution < 1.29 is 29.0 Å². The van der Waals surface area contributed by atoms with Gasteiger partial charge in [0.25, 0.3) is 0 Å². The molecule has 1 spiro atoms. The summed E-state index contributed by atoms with van der Waals surface area (Å²) in [5.74, 6) is 2.08. The molecule has 3 saturated carbocycles. The summed E-state index contributed by atoms with van der Waals surface area (Å²) in [5, 5.41) is 19.5. The van der Waals surface area contributed by atoms with E-state index in [0.717, 1.165) is 114 Å². The minimum atomic E-state index is -0.884. The third-order valence-corrected chi connectivity index (χ3v) is 14.5. The van der Waals surface area contributed by atoms with Gasteiger partial charge in [-0.25, -0.2) is 19.6 Å². The second kappa shape index (κ2) is 15.9. The molecule has 324 valence electrons. The van der Waals surface area contributed by atoms with Crippen LogP contribution < -0.4 is 10.6 Å². The minimum absolute atomic E-state index is 0.00291. The maximum Gasteiger partial charge on any atom is 0.407 e. The number of H-pyrrole nitrogens is 2. The van der Waals surface area contributed by atoms with Gasteiger partial charge in [-0.15, -0.1) is 0 Å². The lowest BCUT2D eigenvalue weighted by Crippen LogP contribution is -2.54. The van der Waals surface area contributed by atoms with Gasteiger partial charge in [-0.3, -0.25) is 9.69 Å². The van der Waals surface area contributed by atoms with Crippen molar-refractivity contribution in [1.29, 1.82) is 0 Å². The molecule has 2 aromatic heterocycles.